The molecule has 0 aromatic rings. The van der Waals surface area contributed by atoms with Gasteiger partial charge >= 0.3 is 5.97 Å². The molecule has 0 aliphatic heterocycles. The van der Waals surface area contributed by atoms with E-state index in [1.165, 1.54) is 18.1 Å². The molecule has 0 bridgehead atoms. The Morgan fingerprint density at radius 3 is 2.42 bits per heavy atom. The average Bonchev–Trinajstić information content (AvgIpc) is 2.98. The van der Waals surface area contributed by atoms with Gasteiger partial charge in [-0.1, -0.05) is 19.4 Å². The maximum Gasteiger partial charge on any atom is 0.303 e. The van der Waals surface area contributed by atoms with E-state index in [0.717, 1.165) is 44.3 Å². The van der Waals surface area contributed by atoms with E-state index in [0.29, 0.717) is 24.2 Å². The quantitative estimate of drug-likeness (QED) is 0.418. The van der Waals surface area contributed by atoms with Gasteiger partial charge in [0.05, 0.1) is 5.76 Å². The van der Waals surface area contributed by atoms with Crippen molar-refractivity contribution in [1.82, 2.24) is 0 Å². The van der Waals surface area contributed by atoms with E-state index in [4.69, 9.17) is 9.16 Å². The zero-order chi connectivity index (χ0) is 24.4. The molecule has 0 unspecified atom stereocenters. The molecule has 5 nitrogen and oxygen atoms in total. The minimum absolute atomic E-state index is 0.128. The first-order chi connectivity index (χ1) is 15.2. The van der Waals surface area contributed by atoms with E-state index < -0.39 is 25.3 Å². The zero-order valence-electron chi connectivity index (χ0n) is 21.5. The fourth-order valence-corrected chi connectivity index (χ4v) is 8.92. The number of carbonyl (C=O) groups excluding carboxylic acids is 2. The number of carbonyl (C=O) groups is 2. The molecule has 184 valence electrons. The lowest BCUT2D eigenvalue weighted by Crippen LogP contribution is -2.58. The number of ketones is 1. The highest BCUT2D eigenvalue weighted by Gasteiger charge is 2.66. The van der Waals surface area contributed by atoms with E-state index in [1.807, 2.05) is 0 Å². The molecule has 0 saturated heterocycles. The van der Waals surface area contributed by atoms with Crippen molar-refractivity contribution in [2.24, 2.45) is 28.6 Å². The maximum atomic E-state index is 13.0. The van der Waals surface area contributed by atoms with Gasteiger partial charge in [-0.3, -0.25) is 9.59 Å². The van der Waals surface area contributed by atoms with Gasteiger partial charge in [0.2, 0.25) is 14.1 Å². The van der Waals surface area contributed by atoms with Crippen LogP contribution >= 0.6 is 0 Å². The summed E-state index contributed by atoms with van der Waals surface area (Å²) in [5.41, 5.74) is 1.19. The molecule has 2 fully saturated rings. The number of hydrogen-bond acceptors (Lipinski definition) is 5. The van der Waals surface area contributed by atoms with Gasteiger partial charge in [-0.2, -0.15) is 0 Å². The van der Waals surface area contributed by atoms with E-state index in [-0.39, 0.29) is 17.8 Å². The second-order valence-corrected chi connectivity index (χ2v) is 17.0. The van der Waals surface area contributed by atoms with Crippen molar-refractivity contribution >= 4 is 20.1 Å². The molecule has 4 aliphatic carbocycles. The molecule has 4 aliphatic rings. The van der Waals surface area contributed by atoms with E-state index in [2.05, 4.69) is 46.5 Å². The summed E-state index contributed by atoms with van der Waals surface area (Å²) >= 11 is 0. The normalized spacial score (nSPS) is 40.4. The van der Waals surface area contributed by atoms with Crippen molar-refractivity contribution in [2.75, 3.05) is 6.61 Å². The zero-order valence-corrected chi connectivity index (χ0v) is 22.5. The van der Waals surface area contributed by atoms with E-state index in [9.17, 15) is 14.7 Å². The average molecular weight is 475 g/mol. The fraction of sp³-hybridized carbons (Fsp3) is 0.778. The van der Waals surface area contributed by atoms with Crippen LogP contribution in [0.4, 0.5) is 0 Å². The minimum atomic E-state index is -1.63. The monoisotopic (exact) mass is 474 g/mol. The molecule has 0 amide bonds. The number of Topliss-reactive ketones (excluding diaryl/α,β-unsaturated/α-hetero) is 1. The highest BCUT2D eigenvalue weighted by molar-refractivity contribution is 6.70. The van der Waals surface area contributed by atoms with Crippen molar-refractivity contribution in [1.29, 1.82) is 0 Å². The van der Waals surface area contributed by atoms with Gasteiger partial charge in [0.1, 0.15) is 5.60 Å². The van der Waals surface area contributed by atoms with Crippen LogP contribution in [-0.4, -0.2) is 37.4 Å². The molecule has 0 radical (unpaired) electrons. The molecular weight excluding hydrogens is 432 g/mol. The summed E-state index contributed by atoms with van der Waals surface area (Å²) in [5, 5.41) is 11.6. The smallest absolute Gasteiger partial charge is 0.303 e. The Balaban J connectivity index is 1.63. The topological polar surface area (TPSA) is 72.8 Å². The summed E-state index contributed by atoms with van der Waals surface area (Å²) in [6.45, 7) is 14.5. The van der Waals surface area contributed by atoms with Gasteiger partial charge in [0, 0.05) is 18.8 Å². The number of allylic oxidation sites excluding steroid dienone is 4. The predicted octanol–water partition coefficient (Wildman–Crippen LogP) is 5.55. The lowest BCUT2D eigenvalue weighted by atomic mass is 9.46. The Hall–Kier alpha value is -1.40. The van der Waals surface area contributed by atoms with Crippen molar-refractivity contribution in [3.63, 3.8) is 0 Å². The summed E-state index contributed by atoms with van der Waals surface area (Å²) in [4.78, 5) is 24.3. The Morgan fingerprint density at radius 2 is 1.79 bits per heavy atom. The fourth-order valence-electron chi connectivity index (χ4n) is 7.97. The number of esters is 1. The lowest BCUT2D eigenvalue weighted by molar-refractivity contribution is -0.168. The second-order valence-electron chi connectivity index (χ2n) is 12.6. The predicted molar refractivity (Wildman–Crippen MR) is 131 cm³/mol. The largest absolute Gasteiger partial charge is 0.547 e. The highest BCUT2D eigenvalue weighted by Crippen LogP contribution is 2.67. The maximum absolute atomic E-state index is 13.0. The van der Waals surface area contributed by atoms with Crippen LogP contribution in [0.2, 0.25) is 19.6 Å². The van der Waals surface area contributed by atoms with Crippen LogP contribution in [0.25, 0.3) is 0 Å². The van der Waals surface area contributed by atoms with Crippen LogP contribution in [0.1, 0.15) is 72.6 Å². The van der Waals surface area contributed by atoms with Crippen LogP contribution in [0.15, 0.2) is 23.0 Å². The van der Waals surface area contributed by atoms with Gasteiger partial charge < -0.3 is 14.3 Å². The van der Waals surface area contributed by atoms with Gasteiger partial charge in [-0.15, -0.1) is 0 Å². The van der Waals surface area contributed by atoms with E-state index >= 15 is 0 Å². The van der Waals surface area contributed by atoms with Gasteiger partial charge in [-0.05, 0) is 99.9 Å². The van der Waals surface area contributed by atoms with Crippen molar-refractivity contribution in [2.45, 2.75) is 97.9 Å². The van der Waals surface area contributed by atoms with Gasteiger partial charge in [0.25, 0.3) is 0 Å². The summed E-state index contributed by atoms with van der Waals surface area (Å²) in [6, 6.07) is 0. The molecule has 0 spiro atoms. The Bertz CT molecular complexity index is 914. The van der Waals surface area contributed by atoms with Crippen LogP contribution in [-0.2, 0) is 18.8 Å². The molecule has 4 rings (SSSR count). The molecule has 6 atom stereocenters. The summed E-state index contributed by atoms with van der Waals surface area (Å²) in [5.74, 6) is 1.69. The molecule has 0 aromatic heterocycles. The SMILES string of the molecule is CC(=O)OCC(=O)[C@@]1(O)CC[C@H]2[C@@H]3CC(C)=C4C=C(O[Si](C)(C)C)CC[C@]4(C)[C@H]3CC[C@@]21C. The van der Waals surface area contributed by atoms with Crippen molar-refractivity contribution < 1.29 is 23.9 Å². The molecule has 1 N–H and O–H groups in total. The third-order valence-corrected chi connectivity index (χ3v) is 10.4. The molecule has 6 heteroatoms. The first kappa shape index (κ1) is 24.7. The van der Waals surface area contributed by atoms with Gasteiger partial charge in [-0.25, -0.2) is 0 Å². The molecule has 2 saturated carbocycles. The molecular formula is C27H42O5Si. The number of rotatable bonds is 5. The van der Waals surface area contributed by atoms with Crippen LogP contribution in [0, 0.1) is 28.6 Å². The summed E-state index contributed by atoms with van der Waals surface area (Å²) < 4.78 is 11.4. The Labute approximate surface area is 200 Å². The van der Waals surface area contributed by atoms with Crippen LogP contribution in [0.5, 0.6) is 0 Å². The lowest BCUT2D eigenvalue weighted by Gasteiger charge is -2.58. The third-order valence-electron chi connectivity index (χ3n) is 9.53. The minimum Gasteiger partial charge on any atom is -0.547 e. The van der Waals surface area contributed by atoms with Gasteiger partial charge in [0.15, 0.2) is 6.61 Å². The highest BCUT2D eigenvalue weighted by atomic mass is 28.4. The second kappa shape index (κ2) is 8.08. The van der Waals surface area contributed by atoms with Crippen LogP contribution in [0.3, 0.4) is 0 Å². The molecule has 0 aromatic carbocycles. The standard InChI is InChI=1S/C27H42O5Si/c1-17-14-20-21(25(3)11-8-19(15-23(17)25)32-33(5,6)7)9-12-26(4)22(20)10-13-27(26,30)24(29)16-31-18(2)28/h15,20-22,30H,8-14,16H2,1-7H3/t20-,21+,22+,25-,26+,27+/m1/s1. The Kier molecular flexibility index (Phi) is 6.05. The molecule has 0 heterocycles. The summed E-state index contributed by atoms with van der Waals surface area (Å²) in [6.07, 6.45) is 8.67. The Morgan fingerprint density at radius 1 is 1.12 bits per heavy atom. The first-order valence-electron chi connectivity index (χ1n) is 12.7. The number of hydrogen-bond donors (Lipinski definition) is 1. The van der Waals surface area contributed by atoms with E-state index in [1.54, 1.807) is 0 Å². The number of ether oxygens (including phenoxy) is 1. The summed E-state index contributed by atoms with van der Waals surface area (Å²) in [7, 11) is -1.63. The third kappa shape index (κ3) is 3.95. The number of fused-ring (bicyclic) bond motifs is 5. The van der Waals surface area contributed by atoms with Crippen molar-refractivity contribution in [3.05, 3.63) is 23.0 Å². The molecule has 33 heavy (non-hydrogen) atoms. The number of aliphatic hydroxyl groups is 1. The first-order valence-corrected chi connectivity index (χ1v) is 16.1. The van der Waals surface area contributed by atoms with Crippen molar-refractivity contribution in [3.8, 4) is 0 Å². The van der Waals surface area contributed by atoms with Crippen LogP contribution < -0.4 is 0 Å².